The number of nitrogens with one attached hydrogen (secondary N) is 1. The van der Waals surface area contributed by atoms with Gasteiger partial charge in [-0.3, -0.25) is 14.3 Å². The Labute approximate surface area is 180 Å². The first-order valence-corrected chi connectivity index (χ1v) is 10.3. The second-order valence-electron chi connectivity index (χ2n) is 7.35. The Kier molecular flexibility index (Phi) is 5.03. The number of fused-ring (bicyclic) bond motifs is 1. The molecule has 0 unspecified atom stereocenters. The predicted molar refractivity (Wildman–Crippen MR) is 128 cm³/mol. The van der Waals surface area contributed by atoms with Gasteiger partial charge in [0.25, 0.3) is 0 Å². The average molecular weight is 403 g/mol. The third-order valence-corrected chi connectivity index (χ3v) is 5.32. The lowest BCUT2D eigenvalue weighted by atomic mass is 10.0. The van der Waals surface area contributed by atoms with Gasteiger partial charge in [-0.1, -0.05) is 66.8 Å². The molecule has 4 nitrogen and oxygen atoms in total. The molecular formula is C27H21N3O. The Bertz CT molecular complexity index is 1380. The molecule has 0 aliphatic heterocycles. The molecule has 1 aliphatic carbocycles. The lowest BCUT2D eigenvalue weighted by molar-refractivity contribution is 1.09. The van der Waals surface area contributed by atoms with Gasteiger partial charge in [0.2, 0.25) is 0 Å². The van der Waals surface area contributed by atoms with Crippen molar-refractivity contribution in [2.75, 3.05) is 5.32 Å². The number of pyridine rings is 2. The van der Waals surface area contributed by atoms with Crippen molar-refractivity contribution in [1.82, 2.24) is 9.55 Å². The molecule has 0 amide bonds. The standard InChI is InChI=1S/C27H21N3O/c31-25-17-26(29-21-13-7-3-8-14-21)30(22-15-9-4-10-16-22)27-23(18-28-19-24(25)27)20-11-5-1-2-6-12-20/h1-11,13-19,29H,12H2. The largest absolute Gasteiger partial charge is 0.341 e. The van der Waals surface area contributed by atoms with Crippen LogP contribution < -0.4 is 10.7 Å². The fourth-order valence-electron chi connectivity index (χ4n) is 3.88. The van der Waals surface area contributed by atoms with Crippen LogP contribution in [-0.2, 0) is 0 Å². The van der Waals surface area contributed by atoms with Crippen molar-refractivity contribution >= 4 is 28.0 Å². The number of nitrogens with zero attached hydrogens (tertiary/aromatic N) is 2. The van der Waals surface area contributed by atoms with Gasteiger partial charge < -0.3 is 5.32 Å². The number of rotatable bonds is 4. The summed E-state index contributed by atoms with van der Waals surface area (Å²) >= 11 is 0. The molecule has 4 aromatic rings. The lowest BCUT2D eigenvalue weighted by Gasteiger charge is -2.21. The summed E-state index contributed by atoms with van der Waals surface area (Å²) in [5, 5.41) is 4.04. The zero-order chi connectivity index (χ0) is 21.0. The van der Waals surface area contributed by atoms with E-state index >= 15 is 0 Å². The van der Waals surface area contributed by atoms with Gasteiger partial charge in [0.15, 0.2) is 5.43 Å². The van der Waals surface area contributed by atoms with Gasteiger partial charge in [-0.2, -0.15) is 0 Å². The Morgan fingerprint density at radius 2 is 1.65 bits per heavy atom. The summed E-state index contributed by atoms with van der Waals surface area (Å²) < 4.78 is 2.11. The fourth-order valence-corrected chi connectivity index (χ4v) is 3.88. The number of allylic oxidation sites excluding steroid dienone is 6. The molecule has 0 fully saturated rings. The number of aromatic nitrogens is 2. The lowest BCUT2D eigenvalue weighted by Crippen LogP contribution is -2.14. The predicted octanol–water partition coefficient (Wildman–Crippen LogP) is 6.03. The normalized spacial score (nSPS) is 13.1. The monoisotopic (exact) mass is 403 g/mol. The van der Waals surface area contributed by atoms with Gasteiger partial charge in [-0.15, -0.1) is 0 Å². The minimum Gasteiger partial charge on any atom is -0.341 e. The molecule has 4 heteroatoms. The Hall–Kier alpha value is -4.18. The minimum absolute atomic E-state index is 0.0599. The molecule has 0 bridgehead atoms. The van der Waals surface area contributed by atoms with E-state index in [9.17, 15) is 4.79 Å². The molecule has 150 valence electrons. The van der Waals surface area contributed by atoms with Gasteiger partial charge in [-0.25, -0.2) is 0 Å². The van der Waals surface area contributed by atoms with Crippen LogP contribution in [0.25, 0.3) is 22.2 Å². The van der Waals surface area contributed by atoms with Crippen LogP contribution in [0.2, 0.25) is 0 Å². The van der Waals surface area contributed by atoms with Crippen molar-refractivity contribution in [3.05, 3.63) is 125 Å². The van der Waals surface area contributed by atoms with E-state index in [1.165, 1.54) is 0 Å². The van der Waals surface area contributed by atoms with Gasteiger partial charge in [-0.05, 0) is 36.3 Å². The molecule has 0 radical (unpaired) electrons. The number of anilines is 2. The minimum atomic E-state index is -0.0599. The summed E-state index contributed by atoms with van der Waals surface area (Å²) in [6.07, 6.45) is 14.6. The molecule has 1 aliphatic rings. The fraction of sp³-hybridized carbons (Fsp3) is 0.0370. The highest BCUT2D eigenvalue weighted by Crippen LogP contribution is 2.31. The number of hydrogen-bond acceptors (Lipinski definition) is 3. The second-order valence-corrected chi connectivity index (χ2v) is 7.35. The third kappa shape index (κ3) is 3.71. The van der Waals surface area contributed by atoms with Crippen molar-refractivity contribution < 1.29 is 0 Å². The smallest absolute Gasteiger partial charge is 0.193 e. The molecule has 31 heavy (non-hydrogen) atoms. The van der Waals surface area contributed by atoms with Gasteiger partial charge in [0, 0.05) is 35.4 Å². The van der Waals surface area contributed by atoms with Crippen molar-refractivity contribution in [1.29, 1.82) is 0 Å². The van der Waals surface area contributed by atoms with Crippen LogP contribution in [0.4, 0.5) is 11.5 Å². The van der Waals surface area contributed by atoms with Crippen LogP contribution in [0.5, 0.6) is 0 Å². The Morgan fingerprint density at radius 3 is 2.45 bits per heavy atom. The maximum atomic E-state index is 13.1. The van der Waals surface area contributed by atoms with Crippen LogP contribution in [0.15, 0.2) is 114 Å². The van der Waals surface area contributed by atoms with Crippen LogP contribution >= 0.6 is 0 Å². The maximum Gasteiger partial charge on any atom is 0.193 e. The van der Waals surface area contributed by atoms with E-state index < -0.39 is 0 Å². The van der Waals surface area contributed by atoms with Crippen molar-refractivity contribution in [3.63, 3.8) is 0 Å². The van der Waals surface area contributed by atoms with E-state index in [4.69, 9.17) is 0 Å². The van der Waals surface area contributed by atoms with Gasteiger partial charge in [0.1, 0.15) is 5.82 Å². The average Bonchev–Trinajstić information content (AvgIpc) is 3.10. The van der Waals surface area contributed by atoms with E-state index in [0.29, 0.717) is 11.2 Å². The molecular weight excluding hydrogens is 382 g/mol. The summed E-state index contributed by atoms with van der Waals surface area (Å²) in [5.74, 6) is 0.711. The first kappa shape index (κ1) is 18.8. The second kappa shape index (κ2) is 8.28. The molecule has 5 rings (SSSR count). The molecule has 0 atom stereocenters. The van der Waals surface area contributed by atoms with E-state index in [0.717, 1.165) is 34.4 Å². The summed E-state index contributed by atoms with van der Waals surface area (Å²) in [6, 6.07) is 21.6. The summed E-state index contributed by atoms with van der Waals surface area (Å²) in [6.45, 7) is 0. The van der Waals surface area contributed by atoms with Crippen molar-refractivity contribution in [3.8, 4) is 5.69 Å². The van der Waals surface area contributed by atoms with Crippen molar-refractivity contribution in [2.45, 2.75) is 6.42 Å². The first-order valence-electron chi connectivity index (χ1n) is 10.3. The zero-order valence-corrected chi connectivity index (χ0v) is 16.9. The summed E-state index contributed by atoms with van der Waals surface area (Å²) in [4.78, 5) is 17.5. The number of benzene rings is 2. The molecule has 2 aromatic carbocycles. The molecule has 2 aromatic heterocycles. The highest BCUT2D eigenvalue weighted by atomic mass is 16.1. The Balaban J connectivity index is 1.84. The van der Waals surface area contributed by atoms with E-state index in [2.05, 4.69) is 27.0 Å². The molecule has 2 heterocycles. The first-order chi connectivity index (χ1) is 15.3. The number of para-hydroxylation sites is 2. The SMILES string of the molecule is O=c1cc(Nc2ccccc2)n(-c2ccccc2)c2c(C3=CC=CC=CC3)cncc12. The van der Waals surface area contributed by atoms with E-state index in [-0.39, 0.29) is 5.43 Å². The highest BCUT2D eigenvalue weighted by molar-refractivity contribution is 5.94. The summed E-state index contributed by atoms with van der Waals surface area (Å²) in [5.41, 5.74) is 4.74. The number of hydrogen-bond donors (Lipinski definition) is 1. The summed E-state index contributed by atoms with van der Waals surface area (Å²) in [7, 11) is 0. The maximum absolute atomic E-state index is 13.1. The van der Waals surface area contributed by atoms with Crippen LogP contribution in [0, 0.1) is 0 Å². The molecule has 0 saturated heterocycles. The van der Waals surface area contributed by atoms with E-state index in [1.807, 2.05) is 85.1 Å². The quantitative estimate of drug-likeness (QED) is 0.453. The van der Waals surface area contributed by atoms with Gasteiger partial charge in [0.05, 0.1) is 10.9 Å². The molecule has 1 N–H and O–H groups in total. The molecule has 0 saturated carbocycles. The van der Waals surface area contributed by atoms with Crippen LogP contribution in [-0.4, -0.2) is 9.55 Å². The van der Waals surface area contributed by atoms with Gasteiger partial charge >= 0.3 is 0 Å². The van der Waals surface area contributed by atoms with E-state index in [1.54, 1.807) is 12.3 Å². The highest BCUT2D eigenvalue weighted by Gasteiger charge is 2.17. The topological polar surface area (TPSA) is 46.9 Å². The van der Waals surface area contributed by atoms with Crippen LogP contribution in [0.3, 0.4) is 0 Å². The molecule has 0 spiro atoms. The Morgan fingerprint density at radius 1 is 0.871 bits per heavy atom. The third-order valence-electron chi connectivity index (χ3n) is 5.32. The van der Waals surface area contributed by atoms with Crippen molar-refractivity contribution in [2.24, 2.45) is 0 Å². The zero-order valence-electron chi connectivity index (χ0n) is 16.9. The van der Waals surface area contributed by atoms with Crippen LogP contribution in [0.1, 0.15) is 12.0 Å².